The van der Waals surface area contributed by atoms with Crippen LogP contribution in [0, 0.1) is 0 Å². The fraction of sp³-hybridized carbons (Fsp3) is 0.304. The van der Waals surface area contributed by atoms with Crippen LogP contribution in [0.1, 0.15) is 35.1 Å². The van der Waals surface area contributed by atoms with Crippen LogP contribution in [0.5, 0.6) is 23.0 Å². The van der Waals surface area contributed by atoms with Crippen molar-refractivity contribution in [1.82, 2.24) is 0 Å². The molecule has 6 rings (SSSR count). The lowest BCUT2D eigenvalue weighted by Gasteiger charge is -2.19. The summed E-state index contributed by atoms with van der Waals surface area (Å²) in [6, 6.07) is 13.0. The van der Waals surface area contributed by atoms with E-state index >= 15 is 0 Å². The molecule has 0 N–H and O–H groups in total. The minimum atomic E-state index is 0.301. The van der Waals surface area contributed by atoms with Gasteiger partial charge < -0.3 is 18.9 Å². The van der Waals surface area contributed by atoms with Crippen LogP contribution in [0.4, 0.5) is 0 Å². The van der Waals surface area contributed by atoms with E-state index in [1.165, 1.54) is 52.3 Å². The van der Waals surface area contributed by atoms with Crippen LogP contribution in [-0.2, 0) is 19.3 Å². The van der Waals surface area contributed by atoms with Gasteiger partial charge in [-0.2, -0.15) is 0 Å². The zero-order valence-electron chi connectivity index (χ0n) is 15.0. The van der Waals surface area contributed by atoms with Crippen LogP contribution < -0.4 is 18.9 Å². The highest BCUT2D eigenvalue weighted by molar-refractivity contribution is 5.95. The highest BCUT2D eigenvalue weighted by Gasteiger charge is 2.22. The number of hydrogen-bond acceptors (Lipinski definition) is 4. The van der Waals surface area contributed by atoms with Gasteiger partial charge >= 0.3 is 0 Å². The van der Waals surface area contributed by atoms with Crippen LogP contribution in [0.3, 0.4) is 0 Å². The fourth-order valence-corrected chi connectivity index (χ4v) is 4.50. The molecule has 2 aliphatic heterocycles. The van der Waals surface area contributed by atoms with E-state index in [1.807, 2.05) is 6.07 Å². The third-order valence-corrected chi connectivity index (χ3v) is 5.85. The molecule has 4 nitrogen and oxygen atoms in total. The van der Waals surface area contributed by atoms with E-state index in [2.05, 4.69) is 30.3 Å². The zero-order chi connectivity index (χ0) is 17.8. The molecule has 0 spiro atoms. The number of fused-ring (bicyclic) bond motifs is 5. The third-order valence-electron chi connectivity index (χ3n) is 5.85. The summed E-state index contributed by atoms with van der Waals surface area (Å²) in [6.45, 7) is 0.604. The van der Waals surface area contributed by atoms with Crippen molar-refractivity contribution in [2.75, 3.05) is 13.6 Å². The van der Waals surface area contributed by atoms with E-state index in [9.17, 15) is 0 Å². The monoisotopic (exact) mass is 360 g/mol. The average Bonchev–Trinajstić information content (AvgIpc) is 3.35. The van der Waals surface area contributed by atoms with Crippen LogP contribution >= 0.6 is 0 Å². The molecule has 4 heteroatoms. The Morgan fingerprint density at radius 1 is 0.667 bits per heavy atom. The summed E-state index contributed by atoms with van der Waals surface area (Å²) in [6.07, 6.45) is 5.70. The van der Waals surface area contributed by atoms with Crippen molar-refractivity contribution in [2.45, 2.75) is 32.1 Å². The quantitative estimate of drug-likeness (QED) is 0.660. The summed E-state index contributed by atoms with van der Waals surface area (Å²) >= 11 is 0. The Hall–Kier alpha value is -2.88. The number of benzene rings is 3. The lowest BCUT2D eigenvalue weighted by molar-refractivity contribution is 0.174. The molecule has 136 valence electrons. The smallest absolute Gasteiger partial charge is 0.231 e. The molecule has 0 saturated carbocycles. The molecule has 0 amide bonds. The first-order valence-electron chi connectivity index (χ1n) is 9.61. The molecule has 0 atom stereocenters. The summed E-state index contributed by atoms with van der Waals surface area (Å²) in [5, 5.41) is 2.46. The summed E-state index contributed by atoms with van der Waals surface area (Å²) in [4.78, 5) is 0. The van der Waals surface area contributed by atoms with Gasteiger partial charge in [0.1, 0.15) is 0 Å². The molecule has 3 aromatic carbocycles. The number of aryl methyl sites for hydroxylation is 2. The Labute approximate surface area is 157 Å². The van der Waals surface area contributed by atoms with Crippen molar-refractivity contribution >= 4 is 10.8 Å². The van der Waals surface area contributed by atoms with Crippen LogP contribution in [-0.4, -0.2) is 13.6 Å². The molecule has 0 aromatic heterocycles. The standard InChI is InChI=1S/C23H20O4/c1-2-4-16-10-19-18(9-15(16)3-1)17(11-22-23(19)27-13-26-22)7-14-5-6-20-21(8-14)25-12-24-20/h5-6,8-11H,1-4,7,12-13H2. The highest BCUT2D eigenvalue weighted by Crippen LogP contribution is 2.44. The van der Waals surface area contributed by atoms with Gasteiger partial charge in [-0.1, -0.05) is 12.1 Å². The molecule has 1 aliphatic carbocycles. The first-order valence-corrected chi connectivity index (χ1v) is 9.61. The zero-order valence-corrected chi connectivity index (χ0v) is 15.0. The van der Waals surface area contributed by atoms with Crippen molar-refractivity contribution < 1.29 is 18.9 Å². The van der Waals surface area contributed by atoms with Crippen molar-refractivity contribution in [3.63, 3.8) is 0 Å². The Balaban J connectivity index is 1.50. The molecule has 3 aromatic rings. The van der Waals surface area contributed by atoms with Gasteiger partial charge in [-0.3, -0.25) is 0 Å². The van der Waals surface area contributed by atoms with Gasteiger partial charge in [0.25, 0.3) is 0 Å². The minimum Gasteiger partial charge on any atom is -0.454 e. The highest BCUT2D eigenvalue weighted by atomic mass is 16.7. The Morgan fingerprint density at radius 2 is 1.41 bits per heavy atom. The molecule has 3 aliphatic rings. The molecule has 0 fully saturated rings. The maximum atomic E-state index is 5.81. The SMILES string of the molecule is c1cc2c(cc1Cc1cc3c(c4cc5c(cc14)CCCC5)OCO3)OCO2. The second-order valence-corrected chi connectivity index (χ2v) is 7.51. The maximum absolute atomic E-state index is 5.81. The molecule has 2 heterocycles. The van der Waals surface area contributed by atoms with E-state index in [1.54, 1.807) is 0 Å². The first-order chi connectivity index (χ1) is 13.3. The summed E-state index contributed by atoms with van der Waals surface area (Å²) in [5.41, 5.74) is 5.42. The van der Waals surface area contributed by atoms with Crippen LogP contribution in [0.25, 0.3) is 10.8 Å². The van der Waals surface area contributed by atoms with E-state index in [4.69, 9.17) is 18.9 Å². The van der Waals surface area contributed by atoms with E-state index in [0.717, 1.165) is 35.8 Å². The minimum absolute atomic E-state index is 0.301. The molecule has 0 radical (unpaired) electrons. The van der Waals surface area contributed by atoms with Gasteiger partial charge in [0.2, 0.25) is 13.6 Å². The Morgan fingerprint density at radius 3 is 2.30 bits per heavy atom. The first kappa shape index (κ1) is 15.2. The van der Waals surface area contributed by atoms with Crippen molar-refractivity contribution in [3.05, 3.63) is 58.7 Å². The van der Waals surface area contributed by atoms with Gasteiger partial charge in [-0.15, -0.1) is 0 Å². The maximum Gasteiger partial charge on any atom is 0.231 e. The van der Waals surface area contributed by atoms with Gasteiger partial charge in [-0.05, 0) is 84.0 Å². The molecular weight excluding hydrogens is 340 g/mol. The predicted molar refractivity (Wildman–Crippen MR) is 102 cm³/mol. The predicted octanol–water partition coefficient (Wildman–Crippen LogP) is 4.77. The van der Waals surface area contributed by atoms with Crippen LogP contribution in [0.15, 0.2) is 36.4 Å². The summed E-state index contributed by atoms with van der Waals surface area (Å²) < 4.78 is 22.5. The van der Waals surface area contributed by atoms with E-state index in [0.29, 0.717) is 13.6 Å². The topological polar surface area (TPSA) is 36.9 Å². The molecule has 0 unspecified atom stereocenters. The van der Waals surface area contributed by atoms with Crippen molar-refractivity contribution in [1.29, 1.82) is 0 Å². The molecular formula is C23H20O4. The second kappa shape index (κ2) is 5.81. The lowest BCUT2D eigenvalue weighted by atomic mass is 9.87. The Bertz CT molecular complexity index is 1070. The average molecular weight is 360 g/mol. The number of rotatable bonds is 2. The van der Waals surface area contributed by atoms with Gasteiger partial charge in [0, 0.05) is 5.39 Å². The van der Waals surface area contributed by atoms with Gasteiger partial charge in [-0.25, -0.2) is 0 Å². The summed E-state index contributed by atoms with van der Waals surface area (Å²) in [7, 11) is 0. The normalized spacial score (nSPS) is 16.6. The number of hydrogen-bond donors (Lipinski definition) is 0. The molecule has 0 saturated heterocycles. The van der Waals surface area contributed by atoms with Gasteiger partial charge in [0.15, 0.2) is 23.0 Å². The number of ether oxygens (including phenoxy) is 4. The molecule has 0 bridgehead atoms. The van der Waals surface area contributed by atoms with Crippen molar-refractivity contribution in [3.8, 4) is 23.0 Å². The Kier molecular flexibility index (Phi) is 3.27. The van der Waals surface area contributed by atoms with Crippen LogP contribution in [0.2, 0.25) is 0 Å². The van der Waals surface area contributed by atoms with Crippen molar-refractivity contribution in [2.24, 2.45) is 0 Å². The van der Waals surface area contributed by atoms with E-state index < -0.39 is 0 Å². The van der Waals surface area contributed by atoms with Gasteiger partial charge in [0.05, 0.1) is 0 Å². The molecule has 27 heavy (non-hydrogen) atoms. The summed E-state index contributed by atoms with van der Waals surface area (Å²) in [5.74, 6) is 3.40. The second-order valence-electron chi connectivity index (χ2n) is 7.51. The van der Waals surface area contributed by atoms with E-state index in [-0.39, 0.29) is 0 Å². The fourth-order valence-electron chi connectivity index (χ4n) is 4.50. The third kappa shape index (κ3) is 2.43. The lowest BCUT2D eigenvalue weighted by Crippen LogP contribution is -2.03. The largest absolute Gasteiger partial charge is 0.454 e.